The molecule has 0 unspecified atom stereocenters. The van der Waals surface area contributed by atoms with Crippen molar-refractivity contribution in [3.8, 4) is 5.75 Å². The summed E-state index contributed by atoms with van der Waals surface area (Å²) >= 11 is 0. The van der Waals surface area contributed by atoms with Crippen LogP contribution in [0, 0.1) is 6.92 Å². The molecule has 1 saturated heterocycles. The highest BCUT2D eigenvalue weighted by Crippen LogP contribution is 2.29. The Morgan fingerprint density at radius 2 is 2.19 bits per heavy atom. The van der Waals surface area contributed by atoms with Crippen LogP contribution in [-0.2, 0) is 9.84 Å². The summed E-state index contributed by atoms with van der Waals surface area (Å²) in [5, 5.41) is 3.19. The molecule has 1 N–H and O–H groups in total. The molecule has 1 aliphatic rings. The minimum Gasteiger partial charge on any atom is -0.496 e. The topological polar surface area (TPSA) is 55.4 Å². The molecular formula is C16H25NO3S. The van der Waals surface area contributed by atoms with Crippen LogP contribution in [0.25, 0.3) is 0 Å². The van der Waals surface area contributed by atoms with Crippen molar-refractivity contribution in [3.63, 3.8) is 0 Å². The van der Waals surface area contributed by atoms with Crippen LogP contribution >= 0.6 is 0 Å². The van der Waals surface area contributed by atoms with Gasteiger partial charge in [0.1, 0.15) is 5.75 Å². The third kappa shape index (κ3) is 3.77. The molecular weight excluding hydrogens is 286 g/mol. The minimum absolute atomic E-state index is 0.121. The zero-order chi connectivity index (χ0) is 15.5. The van der Waals surface area contributed by atoms with Crippen LogP contribution < -0.4 is 10.1 Å². The monoisotopic (exact) mass is 311 g/mol. The zero-order valence-corrected chi connectivity index (χ0v) is 13.9. The summed E-state index contributed by atoms with van der Waals surface area (Å²) in [7, 11) is -1.22. The van der Waals surface area contributed by atoms with Gasteiger partial charge in [0.2, 0.25) is 0 Å². The van der Waals surface area contributed by atoms with Crippen LogP contribution in [0.4, 0.5) is 0 Å². The SMILES string of the molecule is CC[C@@H](NC[C@@H]1CCCS1(=O)=O)c1cc(C)ccc1OC. The molecule has 0 saturated carbocycles. The van der Waals surface area contributed by atoms with E-state index < -0.39 is 9.84 Å². The fourth-order valence-corrected chi connectivity index (χ4v) is 4.74. The normalized spacial score (nSPS) is 22.1. The van der Waals surface area contributed by atoms with Crippen LogP contribution in [0.3, 0.4) is 0 Å². The average molecular weight is 311 g/mol. The van der Waals surface area contributed by atoms with Gasteiger partial charge in [-0.05, 0) is 32.3 Å². The van der Waals surface area contributed by atoms with Gasteiger partial charge in [0, 0.05) is 18.2 Å². The molecule has 2 rings (SSSR count). The van der Waals surface area contributed by atoms with Gasteiger partial charge in [-0.15, -0.1) is 0 Å². The molecule has 1 aliphatic heterocycles. The largest absolute Gasteiger partial charge is 0.496 e. The first kappa shape index (κ1) is 16.3. The van der Waals surface area contributed by atoms with Crippen molar-refractivity contribution in [1.82, 2.24) is 5.32 Å². The Kier molecular flexibility index (Phi) is 5.27. The summed E-state index contributed by atoms with van der Waals surface area (Å²) in [6.07, 6.45) is 2.46. The standard InChI is InChI=1S/C16H25NO3S/c1-4-15(14-10-12(2)7-8-16(14)20-3)17-11-13-6-5-9-21(13,18)19/h7-8,10,13,15,17H,4-6,9,11H2,1-3H3/t13-,15+/m0/s1. The minimum atomic E-state index is -2.89. The second-order valence-electron chi connectivity index (χ2n) is 5.75. The third-order valence-electron chi connectivity index (χ3n) is 4.22. The van der Waals surface area contributed by atoms with Crippen molar-refractivity contribution in [2.45, 2.75) is 44.4 Å². The van der Waals surface area contributed by atoms with Gasteiger partial charge < -0.3 is 10.1 Å². The van der Waals surface area contributed by atoms with E-state index in [0.717, 1.165) is 30.6 Å². The predicted octanol–water partition coefficient (Wildman–Crippen LogP) is 2.62. The molecule has 2 atom stereocenters. The highest BCUT2D eigenvalue weighted by molar-refractivity contribution is 7.92. The van der Waals surface area contributed by atoms with Gasteiger partial charge >= 0.3 is 0 Å². The van der Waals surface area contributed by atoms with Gasteiger partial charge in [0.25, 0.3) is 0 Å². The van der Waals surface area contributed by atoms with Crippen molar-refractivity contribution in [1.29, 1.82) is 0 Å². The summed E-state index contributed by atoms with van der Waals surface area (Å²) in [6.45, 7) is 4.68. The second kappa shape index (κ2) is 6.79. The van der Waals surface area contributed by atoms with Crippen molar-refractivity contribution >= 4 is 9.84 Å². The van der Waals surface area contributed by atoms with E-state index in [-0.39, 0.29) is 11.3 Å². The van der Waals surface area contributed by atoms with Crippen molar-refractivity contribution < 1.29 is 13.2 Å². The molecule has 0 spiro atoms. The average Bonchev–Trinajstić information content (AvgIpc) is 2.79. The Balaban J connectivity index is 2.12. The number of sulfone groups is 1. The van der Waals surface area contributed by atoms with E-state index in [0.29, 0.717) is 12.3 Å². The Hall–Kier alpha value is -1.07. The molecule has 0 bridgehead atoms. The molecule has 1 aromatic carbocycles. The maximum Gasteiger partial charge on any atom is 0.154 e. The first-order valence-electron chi connectivity index (χ1n) is 7.57. The van der Waals surface area contributed by atoms with Gasteiger partial charge in [-0.25, -0.2) is 8.42 Å². The summed E-state index contributed by atoms with van der Waals surface area (Å²) in [5.41, 5.74) is 2.29. The van der Waals surface area contributed by atoms with Crippen LogP contribution in [-0.4, -0.2) is 33.1 Å². The number of ether oxygens (including phenoxy) is 1. The predicted molar refractivity (Wildman–Crippen MR) is 85.6 cm³/mol. The zero-order valence-electron chi connectivity index (χ0n) is 13.1. The van der Waals surface area contributed by atoms with Gasteiger partial charge in [-0.3, -0.25) is 0 Å². The summed E-state index contributed by atoms with van der Waals surface area (Å²) in [4.78, 5) is 0. The van der Waals surface area contributed by atoms with E-state index in [1.54, 1.807) is 7.11 Å². The number of rotatable bonds is 6. The summed E-state index contributed by atoms with van der Waals surface area (Å²) < 4.78 is 29.3. The molecule has 0 radical (unpaired) electrons. The van der Waals surface area contributed by atoms with Gasteiger partial charge in [-0.1, -0.05) is 24.6 Å². The lowest BCUT2D eigenvalue weighted by atomic mass is 10.0. The lowest BCUT2D eigenvalue weighted by Crippen LogP contribution is -2.33. The molecule has 4 nitrogen and oxygen atoms in total. The maximum absolute atomic E-state index is 11.9. The van der Waals surface area contributed by atoms with Gasteiger partial charge in [-0.2, -0.15) is 0 Å². The van der Waals surface area contributed by atoms with Crippen LogP contribution in [0.15, 0.2) is 18.2 Å². The molecule has 1 aromatic rings. The molecule has 1 fully saturated rings. The van der Waals surface area contributed by atoms with Crippen molar-refractivity contribution in [2.75, 3.05) is 19.4 Å². The quantitative estimate of drug-likeness (QED) is 0.877. The number of aryl methyl sites for hydroxylation is 1. The molecule has 118 valence electrons. The van der Waals surface area contributed by atoms with Crippen LogP contribution in [0.2, 0.25) is 0 Å². The van der Waals surface area contributed by atoms with Crippen LogP contribution in [0.5, 0.6) is 5.75 Å². The van der Waals surface area contributed by atoms with E-state index in [2.05, 4.69) is 25.2 Å². The van der Waals surface area contributed by atoms with Crippen molar-refractivity contribution in [2.24, 2.45) is 0 Å². The Labute approximate surface area is 127 Å². The van der Waals surface area contributed by atoms with E-state index in [1.807, 2.05) is 12.1 Å². The van der Waals surface area contributed by atoms with Crippen molar-refractivity contribution in [3.05, 3.63) is 29.3 Å². The number of nitrogens with one attached hydrogen (secondary N) is 1. The molecule has 21 heavy (non-hydrogen) atoms. The molecule has 0 aromatic heterocycles. The van der Waals surface area contributed by atoms with E-state index in [4.69, 9.17) is 4.74 Å². The highest BCUT2D eigenvalue weighted by Gasteiger charge is 2.31. The van der Waals surface area contributed by atoms with E-state index in [1.165, 1.54) is 5.56 Å². The summed E-state index contributed by atoms with van der Waals surface area (Å²) in [6, 6.07) is 6.23. The Morgan fingerprint density at radius 1 is 1.43 bits per heavy atom. The Bertz CT molecular complexity index is 583. The smallest absolute Gasteiger partial charge is 0.154 e. The number of hydrogen-bond donors (Lipinski definition) is 1. The third-order valence-corrected chi connectivity index (χ3v) is 6.50. The van der Waals surface area contributed by atoms with Gasteiger partial charge in [0.05, 0.1) is 18.1 Å². The first-order valence-corrected chi connectivity index (χ1v) is 9.29. The summed E-state index contributed by atoms with van der Waals surface area (Å²) in [5.74, 6) is 1.19. The molecule has 5 heteroatoms. The molecule has 0 aliphatic carbocycles. The number of hydrogen-bond acceptors (Lipinski definition) is 4. The highest BCUT2D eigenvalue weighted by atomic mass is 32.2. The number of methoxy groups -OCH3 is 1. The van der Waals surface area contributed by atoms with E-state index in [9.17, 15) is 8.42 Å². The number of benzene rings is 1. The molecule has 1 heterocycles. The Morgan fingerprint density at radius 3 is 2.76 bits per heavy atom. The fourth-order valence-electron chi connectivity index (χ4n) is 2.96. The second-order valence-corrected chi connectivity index (χ2v) is 8.15. The van der Waals surface area contributed by atoms with Crippen LogP contribution in [0.1, 0.15) is 43.4 Å². The van der Waals surface area contributed by atoms with Gasteiger partial charge in [0.15, 0.2) is 9.84 Å². The molecule has 0 amide bonds. The lowest BCUT2D eigenvalue weighted by molar-refractivity contribution is 0.396. The first-order chi connectivity index (χ1) is 9.97. The fraction of sp³-hybridized carbons (Fsp3) is 0.625. The lowest BCUT2D eigenvalue weighted by Gasteiger charge is -2.22. The van der Waals surface area contributed by atoms with E-state index >= 15 is 0 Å². The maximum atomic E-state index is 11.9.